The summed E-state index contributed by atoms with van der Waals surface area (Å²) in [5.41, 5.74) is 2.84. The average molecular weight is 292 g/mol. The molecule has 3 rings (SSSR count). The van der Waals surface area contributed by atoms with Crippen molar-refractivity contribution in [2.75, 3.05) is 6.54 Å². The predicted octanol–water partition coefficient (Wildman–Crippen LogP) is 4.61. The first kappa shape index (κ1) is 13.2. The molecule has 0 saturated heterocycles. The van der Waals surface area contributed by atoms with Gasteiger partial charge in [0.1, 0.15) is 0 Å². The van der Waals surface area contributed by atoms with Gasteiger partial charge in [-0.1, -0.05) is 41.9 Å². The largest absolute Gasteiger partial charge is 0.310 e. The lowest BCUT2D eigenvalue weighted by Gasteiger charge is -2.23. The minimum absolute atomic E-state index is 0.496. The summed E-state index contributed by atoms with van der Waals surface area (Å²) in [7, 11) is 0. The molecule has 1 heterocycles. The summed E-state index contributed by atoms with van der Waals surface area (Å²) in [5.74, 6) is 0. The van der Waals surface area contributed by atoms with E-state index in [1.807, 2.05) is 0 Å². The van der Waals surface area contributed by atoms with E-state index in [-0.39, 0.29) is 0 Å². The van der Waals surface area contributed by atoms with Crippen molar-refractivity contribution < 1.29 is 0 Å². The van der Waals surface area contributed by atoms with Gasteiger partial charge in [0.15, 0.2) is 0 Å². The van der Waals surface area contributed by atoms with Crippen LogP contribution in [0.25, 0.3) is 0 Å². The lowest BCUT2D eigenvalue weighted by molar-refractivity contribution is 0.467. The molecule has 0 radical (unpaired) electrons. The third kappa shape index (κ3) is 3.19. The first-order valence-corrected chi connectivity index (χ1v) is 8.08. The van der Waals surface area contributed by atoms with Gasteiger partial charge in [0.2, 0.25) is 0 Å². The maximum Gasteiger partial charge on any atom is 0.0934 e. The van der Waals surface area contributed by atoms with Crippen molar-refractivity contribution in [3.05, 3.63) is 56.7 Å². The van der Waals surface area contributed by atoms with Crippen LogP contribution in [-0.2, 0) is 12.8 Å². The summed E-state index contributed by atoms with van der Waals surface area (Å²) in [6.07, 6.45) is 4.79. The van der Waals surface area contributed by atoms with Crippen LogP contribution in [0.5, 0.6) is 0 Å². The number of fused-ring (bicyclic) bond motifs is 1. The quantitative estimate of drug-likeness (QED) is 0.867. The van der Waals surface area contributed by atoms with Crippen LogP contribution in [-0.4, -0.2) is 6.54 Å². The van der Waals surface area contributed by atoms with Crippen LogP contribution in [0.2, 0.25) is 4.34 Å². The predicted molar refractivity (Wildman–Crippen MR) is 83.2 cm³/mol. The summed E-state index contributed by atoms with van der Waals surface area (Å²) in [6.45, 7) is 1.03. The summed E-state index contributed by atoms with van der Waals surface area (Å²) < 4.78 is 0.932. The van der Waals surface area contributed by atoms with E-state index in [2.05, 4.69) is 41.7 Å². The first-order chi connectivity index (χ1) is 9.33. The number of thiophene rings is 1. The Morgan fingerprint density at radius 2 is 2.11 bits per heavy atom. The van der Waals surface area contributed by atoms with Gasteiger partial charge >= 0.3 is 0 Å². The maximum absolute atomic E-state index is 6.14. The topological polar surface area (TPSA) is 12.0 Å². The van der Waals surface area contributed by atoms with Gasteiger partial charge in [-0.25, -0.2) is 0 Å². The van der Waals surface area contributed by atoms with Crippen molar-refractivity contribution >= 4 is 22.9 Å². The smallest absolute Gasteiger partial charge is 0.0934 e. The summed E-state index contributed by atoms with van der Waals surface area (Å²) in [6, 6.07) is 13.3. The summed E-state index contributed by atoms with van der Waals surface area (Å²) in [4.78, 5) is 1.48. The lowest BCUT2D eigenvalue weighted by Crippen LogP contribution is -2.26. The van der Waals surface area contributed by atoms with Crippen LogP contribution in [0, 0.1) is 0 Å². The molecule has 0 amide bonds. The molecular weight excluding hydrogens is 274 g/mol. The third-order valence-corrected chi connectivity index (χ3v) is 5.07. The SMILES string of the molecule is Clc1cc2c(s1)CCCC2NCCc1ccccc1. The van der Waals surface area contributed by atoms with Crippen LogP contribution in [0.1, 0.15) is 34.9 Å². The minimum Gasteiger partial charge on any atom is -0.310 e. The van der Waals surface area contributed by atoms with Gasteiger partial charge in [-0.15, -0.1) is 11.3 Å². The Kier molecular flexibility index (Phi) is 4.21. The van der Waals surface area contributed by atoms with E-state index in [9.17, 15) is 0 Å². The molecule has 1 nitrogen and oxygen atoms in total. The highest BCUT2D eigenvalue weighted by atomic mass is 35.5. The zero-order valence-corrected chi connectivity index (χ0v) is 12.4. The average Bonchev–Trinajstić information content (AvgIpc) is 2.81. The third-order valence-electron chi connectivity index (χ3n) is 3.73. The maximum atomic E-state index is 6.14. The van der Waals surface area contributed by atoms with Crippen molar-refractivity contribution in [3.8, 4) is 0 Å². The monoisotopic (exact) mass is 291 g/mol. The lowest BCUT2D eigenvalue weighted by atomic mass is 9.94. The Hall–Kier alpha value is -0.830. The van der Waals surface area contributed by atoms with Crippen LogP contribution in [0.3, 0.4) is 0 Å². The highest BCUT2D eigenvalue weighted by molar-refractivity contribution is 7.16. The van der Waals surface area contributed by atoms with E-state index < -0.39 is 0 Å². The number of hydrogen-bond donors (Lipinski definition) is 1. The van der Waals surface area contributed by atoms with Crippen molar-refractivity contribution in [1.29, 1.82) is 0 Å². The molecule has 0 spiro atoms. The standard InChI is InChI=1S/C16H18ClNS/c17-16-11-13-14(7-4-8-15(13)19-16)18-10-9-12-5-2-1-3-6-12/h1-3,5-6,11,14,18H,4,7-10H2. The van der Waals surface area contributed by atoms with E-state index in [4.69, 9.17) is 11.6 Å². The van der Waals surface area contributed by atoms with Crippen LogP contribution < -0.4 is 5.32 Å². The van der Waals surface area contributed by atoms with Crippen LogP contribution >= 0.6 is 22.9 Å². The molecule has 0 saturated carbocycles. The Bertz CT molecular complexity index is 535. The molecule has 0 bridgehead atoms. The fraction of sp³-hybridized carbons (Fsp3) is 0.375. The van der Waals surface area contributed by atoms with E-state index in [1.165, 1.54) is 35.3 Å². The highest BCUT2D eigenvalue weighted by Gasteiger charge is 2.21. The van der Waals surface area contributed by atoms with E-state index >= 15 is 0 Å². The molecule has 1 unspecified atom stereocenters. The molecule has 1 aliphatic rings. The van der Waals surface area contributed by atoms with Gasteiger partial charge in [0, 0.05) is 10.9 Å². The van der Waals surface area contributed by atoms with E-state index in [0.717, 1.165) is 17.3 Å². The second-order valence-corrected chi connectivity index (χ2v) is 6.83. The summed E-state index contributed by atoms with van der Waals surface area (Å²) in [5, 5.41) is 3.69. The molecule has 1 N–H and O–H groups in total. The molecule has 2 aromatic rings. The number of halogens is 1. The molecule has 3 heteroatoms. The number of aryl methyl sites for hydroxylation is 1. The molecule has 100 valence electrons. The van der Waals surface area contributed by atoms with Crippen molar-refractivity contribution in [2.45, 2.75) is 31.7 Å². The van der Waals surface area contributed by atoms with Crippen molar-refractivity contribution in [1.82, 2.24) is 5.32 Å². The van der Waals surface area contributed by atoms with Gasteiger partial charge in [0.25, 0.3) is 0 Å². The van der Waals surface area contributed by atoms with Crippen LogP contribution in [0.4, 0.5) is 0 Å². The van der Waals surface area contributed by atoms with Crippen molar-refractivity contribution in [3.63, 3.8) is 0 Å². The Labute approximate surface area is 123 Å². The molecule has 1 aliphatic carbocycles. The Balaban J connectivity index is 1.59. The van der Waals surface area contributed by atoms with Crippen LogP contribution in [0.15, 0.2) is 36.4 Å². The fourth-order valence-corrected chi connectivity index (χ4v) is 4.15. The van der Waals surface area contributed by atoms with Gasteiger partial charge in [0.05, 0.1) is 4.34 Å². The van der Waals surface area contributed by atoms with Gasteiger partial charge in [-0.05, 0) is 49.4 Å². The second-order valence-electron chi connectivity index (χ2n) is 5.06. The number of hydrogen-bond acceptors (Lipinski definition) is 2. The van der Waals surface area contributed by atoms with Gasteiger partial charge < -0.3 is 5.32 Å². The van der Waals surface area contributed by atoms with E-state index in [1.54, 1.807) is 11.3 Å². The first-order valence-electron chi connectivity index (χ1n) is 6.88. The minimum atomic E-state index is 0.496. The molecule has 1 aromatic carbocycles. The second kappa shape index (κ2) is 6.08. The molecule has 0 fully saturated rings. The van der Waals surface area contributed by atoms with Crippen molar-refractivity contribution in [2.24, 2.45) is 0 Å². The molecule has 1 atom stereocenters. The van der Waals surface area contributed by atoms with Gasteiger partial charge in [-0.3, -0.25) is 0 Å². The molecule has 1 aromatic heterocycles. The molecular formula is C16H18ClNS. The zero-order chi connectivity index (χ0) is 13.1. The number of nitrogens with one attached hydrogen (secondary N) is 1. The Morgan fingerprint density at radius 1 is 1.26 bits per heavy atom. The highest BCUT2D eigenvalue weighted by Crippen LogP contribution is 2.37. The number of benzene rings is 1. The fourth-order valence-electron chi connectivity index (χ4n) is 2.77. The number of rotatable bonds is 4. The van der Waals surface area contributed by atoms with E-state index in [0.29, 0.717) is 6.04 Å². The normalized spacial score (nSPS) is 18.3. The summed E-state index contributed by atoms with van der Waals surface area (Å²) >= 11 is 7.89. The molecule has 19 heavy (non-hydrogen) atoms. The van der Waals surface area contributed by atoms with Gasteiger partial charge in [-0.2, -0.15) is 0 Å². The Morgan fingerprint density at radius 3 is 2.95 bits per heavy atom. The zero-order valence-electron chi connectivity index (χ0n) is 10.9. The molecule has 0 aliphatic heterocycles.